The van der Waals surface area contributed by atoms with Gasteiger partial charge in [-0.25, -0.2) is 9.78 Å². The molecule has 3 amide bonds. The summed E-state index contributed by atoms with van der Waals surface area (Å²) < 4.78 is 0. The number of hydrogen-bond donors (Lipinski definition) is 7. The Hall–Kier alpha value is -2.64. The summed E-state index contributed by atoms with van der Waals surface area (Å²) >= 11 is 4.01. The number of amides is 3. The van der Waals surface area contributed by atoms with Gasteiger partial charge in [-0.05, 0) is 12.8 Å². The second kappa shape index (κ2) is 10.9. The first kappa shape index (κ1) is 23.6. The van der Waals surface area contributed by atoms with Crippen molar-refractivity contribution in [1.82, 2.24) is 25.5 Å². The van der Waals surface area contributed by atoms with Gasteiger partial charge in [-0.1, -0.05) is 0 Å². The molecule has 30 heavy (non-hydrogen) atoms. The second-order valence-electron chi connectivity index (χ2n) is 6.90. The molecular weight excluding hydrogens is 416 g/mol. The van der Waals surface area contributed by atoms with Crippen LogP contribution in [0.1, 0.15) is 18.5 Å². The quantitative estimate of drug-likeness (QED) is 0.190. The molecule has 166 valence electrons. The van der Waals surface area contributed by atoms with Crippen molar-refractivity contribution in [3.8, 4) is 0 Å². The molecule has 0 aromatic carbocycles. The Morgan fingerprint density at radius 3 is 2.63 bits per heavy atom. The third kappa shape index (κ3) is 5.93. The molecular formula is C17H26N6O6S. The molecule has 0 aliphatic carbocycles. The zero-order chi connectivity index (χ0) is 22.3. The number of hydrogen-bond acceptors (Lipinski definition) is 8. The minimum Gasteiger partial charge on any atom is -0.480 e. The van der Waals surface area contributed by atoms with Gasteiger partial charge in [0.25, 0.3) is 0 Å². The first-order chi connectivity index (χ1) is 14.3. The Morgan fingerprint density at radius 2 is 2.07 bits per heavy atom. The van der Waals surface area contributed by atoms with Gasteiger partial charge in [0.2, 0.25) is 17.7 Å². The van der Waals surface area contributed by atoms with Gasteiger partial charge in [0.1, 0.15) is 18.1 Å². The highest BCUT2D eigenvalue weighted by atomic mass is 32.1. The Balaban J connectivity index is 2.14. The van der Waals surface area contributed by atoms with E-state index in [0.29, 0.717) is 25.1 Å². The highest BCUT2D eigenvalue weighted by Crippen LogP contribution is 2.19. The number of nitrogens with one attached hydrogen (secondary N) is 3. The van der Waals surface area contributed by atoms with E-state index in [0.717, 1.165) is 0 Å². The number of imidazole rings is 1. The molecule has 0 spiro atoms. The zero-order valence-corrected chi connectivity index (χ0v) is 17.0. The number of thiol groups is 1. The van der Waals surface area contributed by atoms with Crippen molar-refractivity contribution in [2.75, 3.05) is 18.9 Å². The van der Waals surface area contributed by atoms with Crippen molar-refractivity contribution >= 4 is 36.3 Å². The van der Waals surface area contributed by atoms with Gasteiger partial charge in [-0.2, -0.15) is 12.6 Å². The molecule has 1 fully saturated rings. The van der Waals surface area contributed by atoms with Gasteiger partial charge in [0, 0.05) is 30.6 Å². The molecule has 2 heterocycles. The lowest BCUT2D eigenvalue weighted by Crippen LogP contribution is -2.57. The molecule has 0 bridgehead atoms. The van der Waals surface area contributed by atoms with E-state index < -0.39 is 54.5 Å². The monoisotopic (exact) mass is 442 g/mol. The van der Waals surface area contributed by atoms with Crippen LogP contribution in [0.3, 0.4) is 0 Å². The number of carboxylic acids is 1. The molecule has 12 nitrogen and oxygen atoms in total. The van der Waals surface area contributed by atoms with E-state index in [-0.39, 0.29) is 12.2 Å². The van der Waals surface area contributed by atoms with Gasteiger partial charge in [0.15, 0.2) is 0 Å². The molecule has 2 rings (SSSR count). The van der Waals surface area contributed by atoms with E-state index in [2.05, 4.69) is 33.2 Å². The number of rotatable bonds is 10. The largest absolute Gasteiger partial charge is 0.480 e. The van der Waals surface area contributed by atoms with E-state index in [1.807, 2.05) is 0 Å². The van der Waals surface area contributed by atoms with E-state index in [1.165, 1.54) is 17.4 Å². The van der Waals surface area contributed by atoms with E-state index in [9.17, 15) is 19.2 Å². The normalized spacial score (nSPS) is 19.0. The number of nitrogens with two attached hydrogens (primary N) is 1. The summed E-state index contributed by atoms with van der Waals surface area (Å²) in [5, 5.41) is 23.0. The maximum atomic E-state index is 12.9. The molecule has 1 aromatic rings. The molecule has 4 unspecified atom stereocenters. The second-order valence-corrected chi connectivity index (χ2v) is 7.27. The summed E-state index contributed by atoms with van der Waals surface area (Å²) in [6.07, 6.45) is 3.88. The lowest BCUT2D eigenvalue weighted by atomic mass is 10.1. The third-order valence-corrected chi connectivity index (χ3v) is 5.15. The number of aromatic nitrogens is 2. The van der Waals surface area contributed by atoms with Crippen molar-refractivity contribution < 1.29 is 29.4 Å². The number of carboxylic acid groups (broad SMARTS) is 1. The number of aliphatic hydroxyl groups excluding tert-OH is 1. The summed E-state index contributed by atoms with van der Waals surface area (Å²) in [4.78, 5) is 57.0. The van der Waals surface area contributed by atoms with Crippen molar-refractivity contribution in [3.63, 3.8) is 0 Å². The zero-order valence-electron chi connectivity index (χ0n) is 16.2. The highest BCUT2D eigenvalue weighted by Gasteiger charge is 2.37. The molecule has 13 heteroatoms. The number of carbonyl (C=O) groups excluding carboxylic acids is 3. The van der Waals surface area contributed by atoms with Crippen LogP contribution in [0.2, 0.25) is 0 Å². The summed E-state index contributed by atoms with van der Waals surface area (Å²) in [7, 11) is 0. The number of likely N-dealkylation sites (tertiary alicyclic amines) is 1. The smallest absolute Gasteiger partial charge is 0.328 e. The van der Waals surface area contributed by atoms with Crippen molar-refractivity contribution in [3.05, 3.63) is 18.2 Å². The maximum absolute atomic E-state index is 12.9. The van der Waals surface area contributed by atoms with Crippen LogP contribution in [0.5, 0.6) is 0 Å². The molecule has 4 atom stereocenters. The number of carbonyl (C=O) groups is 4. The number of H-pyrrole nitrogens is 1. The fraction of sp³-hybridized carbons (Fsp3) is 0.588. The highest BCUT2D eigenvalue weighted by molar-refractivity contribution is 7.80. The van der Waals surface area contributed by atoms with Gasteiger partial charge < -0.3 is 36.5 Å². The predicted octanol–water partition coefficient (Wildman–Crippen LogP) is -2.75. The fourth-order valence-corrected chi connectivity index (χ4v) is 3.30. The Kier molecular flexibility index (Phi) is 8.62. The van der Waals surface area contributed by atoms with Crippen LogP contribution in [0.4, 0.5) is 0 Å². The van der Waals surface area contributed by atoms with Crippen LogP contribution < -0.4 is 16.4 Å². The van der Waals surface area contributed by atoms with Gasteiger partial charge in [-0.3, -0.25) is 14.4 Å². The van der Waals surface area contributed by atoms with Crippen LogP contribution in [-0.4, -0.2) is 91.8 Å². The van der Waals surface area contributed by atoms with Crippen LogP contribution >= 0.6 is 12.6 Å². The SMILES string of the molecule is NC(CS)C(=O)N1CCCC1C(=O)NC(Cc1cnc[nH]1)C(=O)NC(CO)C(=O)O. The molecule has 7 N–H and O–H groups in total. The molecule has 1 aliphatic heterocycles. The first-order valence-electron chi connectivity index (χ1n) is 9.37. The summed E-state index contributed by atoms with van der Waals surface area (Å²) in [6, 6.07) is -4.31. The molecule has 1 saturated heterocycles. The fourth-order valence-electron chi connectivity index (χ4n) is 3.15. The average molecular weight is 442 g/mol. The number of aliphatic carboxylic acids is 1. The Bertz CT molecular complexity index is 760. The molecule has 1 aromatic heterocycles. The average Bonchev–Trinajstić information content (AvgIpc) is 3.41. The number of aromatic amines is 1. The lowest BCUT2D eigenvalue weighted by Gasteiger charge is -2.28. The van der Waals surface area contributed by atoms with E-state index in [4.69, 9.17) is 15.9 Å². The van der Waals surface area contributed by atoms with Crippen LogP contribution in [0.25, 0.3) is 0 Å². The van der Waals surface area contributed by atoms with E-state index >= 15 is 0 Å². The Morgan fingerprint density at radius 1 is 1.33 bits per heavy atom. The topological polar surface area (TPSA) is 191 Å². The summed E-state index contributed by atoms with van der Waals surface area (Å²) in [5.41, 5.74) is 6.27. The third-order valence-electron chi connectivity index (χ3n) is 4.76. The van der Waals surface area contributed by atoms with E-state index in [1.54, 1.807) is 0 Å². The van der Waals surface area contributed by atoms with Crippen molar-refractivity contribution in [2.45, 2.75) is 43.4 Å². The standard InChI is InChI=1S/C17H26N6O6S/c18-10(7-30)16(27)23-3-1-2-13(23)15(26)21-11(4-9-5-19-8-20-9)14(25)22-12(6-24)17(28)29/h5,8,10-13,24,30H,1-4,6-7,18H2,(H,19,20)(H,21,26)(H,22,25)(H,28,29). The Labute approximate surface area is 178 Å². The minimum absolute atomic E-state index is 0.00611. The summed E-state index contributed by atoms with van der Waals surface area (Å²) in [6.45, 7) is -0.445. The molecule has 0 radical (unpaired) electrons. The maximum Gasteiger partial charge on any atom is 0.328 e. The van der Waals surface area contributed by atoms with Crippen LogP contribution in [0.15, 0.2) is 12.5 Å². The van der Waals surface area contributed by atoms with Crippen LogP contribution in [0, 0.1) is 0 Å². The minimum atomic E-state index is -1.52. The van der Waals surface area contributed by atoms with Crippen LogP contribution in [-0.2, 0) is 25.6 Å². The van der Waals surface area contributed by atoms with Crippen molar-refractivity contribution in [2.24, 2.45) is 5.73 Å². The molecule has 1 aliphatic rings. The predicted molar refractivity (Wildman–Crippen MR) is 107 cm³/mol. The summed E-state index contributed by atoms with van der Waals surface area (Å²) in [5.74, 6) is -3.02. The molecule has 0 saturated carbocycles. The number of nitrogens with zero attached hydrogens (tertiary/aromatic N) is 2. The van der Waals surface area contributed by atoms with Gasteiger partial charge in [0.05, 0.1) is 19.0 Å². The first-order valence-corrected chi connectivity index (χ1v) is 10.00. The van der Waals surface area contributed by atoms with Gasteiger partial charge in [-0.15, -0.1) is 0 Å². The number of aliphatic hydroxyl groups is 1. The van der Waals surface area contributed by atoms with Crippen molar-refractivity contribution in [1.29, 1.82) is 0 Å². The lowest BCUT2D eigenvalue weighted by molar-refractivity contribution is -0.144. The van der Waals surface area contributed by atoms with Gasteiger partial charge >= 0.3 is 5.97 Å².